The van der Waals surface area contributed by atoms with Crippen LogP contribution in [0.2, 0.25) is 20.1 Å². The Hall–Kier alpha value is -5.26. The molecule has 0 aromatic heterocycles. The molecule has 4 fully saturated rings. The first-order chi connectivity index (χ1) is 41.2. The molecule has 0 saturated carbocycles. The number of aliphatic hydroxyl groups is 1. The first kappa shape index (κ1) is 70.8. The molecule has 0 radical (unpaired) electrons. The number of carbonyl (C=O) groups is 6. The summed E-state index contributed by atoms with van der Waals surface area (Å²) in [6.45, 7) is 18.3. The molecule has 8 atom stereocenters. The molecule has 4 aromatic carbocycles. The van der Waals surface area contributed by atoms with Crippen LogP contribution in [0.5, 0.6) is 11.5 Å². The number of nitrogens with zero attached hydrogens (tertiary/aromatic N) is 4. The Morgan fingerprint density at radius 1 is 0.575 bits per heavy atom. The van der Waals surface area contributed by atoms with Gasteiger partial charge in [-0.05, 0) is 177 Å². The van der Waals surface area contributed by atoms with Crippen molar-refractivity contribution >= 4 is 81.7 Å². The van der Waals surface area contributed by atoms with Gasteiger partial charge in [-0.3, -0.25) is 38.6 Å². The maximum absolute atomic E-state index is 14.1. The number of amides is 2. The summed E-state index contributed by atoms with van der Waals surface area (Å²) < 4.78 is 17.0. The molecule has 0 spiro atoms. The van der Waals surface area contributed by atoms with Crippen molar-refractivity contribution in [2.24, 2.45) is 11.8 Å². The quantitative estimate of drug-likeness (QED) is 0.0710. The Bertz CT molecular complexity index is 2910. The fraction of sp³-hybridized carbons (Fsp3) is 0.559. The lowest BCUT2D eigenvalue weighted by Crippen LogP contribution is -2.51. The molecule has 2 amide bonds. The number of hydrogen-bond acceptors (Lipinski definition) is 13. The predicted molar refractivity (Wildman–Crippen MR) is 342 cm³/mol. The highest BCUT2D eigenvalue weighted by atomic mass is 35.5. The topological polar surface area (TPSA) is 184 Å². The van der Waals surface area contributed by atoms with Crippen molar-refractivity contribution in [1.29, 1.82) is 0 Å². The second-order valence-corrected chi connectivity index (χ2v) is 27.2. The maximum Gasteiger partial charge on any atom is 0.306 e. The van der Waals surface area contributed by atoms with Crippen molar-refractivity contribution in [3.63, 3.8) is 0 Å². The highest BCUT2D eigenvalue weighted by Gasteiger charge is 2.47. The van der Waals surface area contributed by atoms with Gasteiger partial charge in [0.05, 0.1) is 50.9 Å². The first-order valence-electron chi connectivity index (χ1n) is 30.7. The SMILES string of the molecule is C[C@@H]1C[C@H]2C(=O)N([C@H](CCC(=O)OC(C)(C)C)C(=O)CCc3ccc(Cl)c(Cl)c3)CCC(CCO)N2C1.C[C@@H]1C[C@H]2C(=O)N([C@H](CCC(=O)OC(C)(C)C)C(=O)CCc3ccc(Cl)c(Cl)c3)CCC(CCOc3ccccc3)N2C1.Oc1ccccc1. The van der Waals surface area contributed by atoms with Gasteiger partial charge >= 0.3 is 11.9 Å². The van der Waals surface area contributed by atoms with E-state index in [1.54, 1.807) is 79.1 Å². The van der Waals surface area contributed by atoms with Crippen molar-refractivity contribution in [2.75, 3.05) is 39.4 Å². The van der Waals surface area contributed by atoms with E-state index in [0.717, 1.165) is 55.6 Å². The van der Waals surface area contributed by atoms with Crippen LogP contribution in [0.3, 0.4) is 0 Å². The summed E-state index contributed by atoms with van der Waals surface area (Å²) in [5.74, 6) is 0.910. The Labute approximate surface area is 535 Å². The molecule has 2 N–H and O–H groups in total. The zero-order valence-corrected chi connectivity index (χ0v) is 54.9. The van der Waals surface area contributed by atoms with Crippen molar-refractivity contribution in [3.8, 4) is 11.5 Å². The van der Waals surface area contributed by atoms with E-state index in [9.17, 15) is 33.9 Å². The molecule has 19 heteroatoms. The van der Waals surface area contributed by atoms with Crippen LogP contribution in [0.15, 0.2) is 97.1 Å². The van der Waals surface area contributed by atoms with E-state index in [0.29, 0.717) is 83.1 Å². The minimum absolute atomic E-state index is 0.0205. The number of phenols is 1. The highest BCUT2D eigenvalue weighted by Crippen LogP contribution is 2.36. The molecular formula is C68H90Cl4N4O11. The minimum atomic E-state index is -0.714. The molecule has 476 valence electrons. The average Bonchev–Trinajstić information content (AvgIpc) is 1.89. The monoisotopic (exact) mass is 1280 g/mol. The molecular weight excluding hydrogens is 1190 g/mol. The van der Waals surface area contributed by atoms with Crippen LogP contribution in [0.1, 0.15) is 144 Å². The molecule has 0 bridgehead atoms. The van der Waals surface area contributed by atoms with Crippen molar-refractivity contribution in [2.45, 2.75) is 193 Å². The van der Waals surface area contributed by atoms with Gasteiger partial charge in [-0.15, -0.1) is 0 Å². The predicted octanol–water partition coefficient (Wildman–Crippen LogP) is 12.8. The normalized spacial score (nSPS) is 21.4. The number of para-hydroxylation sites is 2. The summed E-state index contributed by atoms with van der Waals surface area (Å²) in [6, 6.07) is 27.3. The van der Waals surface area contributed by atoms with E-state index in [2.05, 4.69) is 23.6 Å². The van der Waals surface area contributed by atoms with Gasteiger partial charge in [0.25, 0.3) is 0 Å². The minimum Gasteiger partial charge on any atom is -0.508 e. The number of ether oxygens (including phenoxy) is 3. The summed E-state index contributed by atoms with van der Waals surface area (Å²) in [4.78, 5) is 88.7. The van der Waals surface area contributed by atoms with Gasteiger partial charge in [0.2, 0.25) is 11.8 Å². The number of aliphatic hydroxyl groups excluding tert-OH is 1. The zero-order valence-electron chi connectivity index (χ0n) is 51.9. The van der Waals surface area contributed by atoms with E-state index >= 15 is 0 Å². The third-order valence-electron chi connectivity index (χ3n) is 16.1. The molecule has 8 rings (SSSR count). The van der Waals surface area contributed by atoms with Crippen molar-refractivity contribution in [3.05, 3.63) is 128 Å². The number of aryl methyl sites for hydroxylation is 2. The van der Waals surface area contributed by atoms with Gasteiger partial charge in [0.1, 0.15) is 22.7 Å². The molecule has 4 saturated heterocycles. The largest absolute Gasteiger partial charge is 0.508 e. The van der Waals surface area contributed by atoms with Gasteiger partial charge < -0.3 is 34.2 Å². The molecule has 2 unspecified atom stereocenters. The molecule has 0 aliphatic carbocycles. The van der Waals surface area contributed by atoms with E-state index in [-0.39, 0.29) is 105 Å². The van der Waals surface area contributed by atoms with Crippen molar-refractivity contribution < 1.29 is 53.2 Å². The molecule has 87 heavy (non-hydrogen) atoms. The van der Waals surface area contributed by atoms with Crippen LogP contribution in [0, 0.1) is 11.8 Å². The van der Waals surface area contributed by atoms with Crippen LogP contribution < -0.4 is 4.74 Å². The Balaban J connectivity index is 0.000000251. The summed E-state index contributed by atoms with van der Waals surface area (Å²) in [7, 11) is 0. The first-order valence-corrected chi connectivity index (χ1v) is 32.2. The number of benzene rings is 4. The van der Waals surface area contributed by atoms with Crippen LogP contribution in [-0.2, 0) is 51.1 Å². The van der Waals surface area contributed by atoms with Gasteiger partial charge in [-0.1, -0.05) is 109 Å². The van der Waals surface area contributed by atoms with Gasteiger partial charge in [0, 0.05) is 70.6 Å². The zero-order chi connectivity index (χ0) is 63.6. The van der Waals surface area contributed by atoms with Gasteiger partial charge in [0.15, 0.2) is 11.6 Å². The van der Waals surface area contributed by atoms with Crippen LogP contribution in [-0.4, -0.2) is 152 Å². The fourth-order valence-corrected chi connectivity index (χ4v) is 12.8. The number of aromatic hydroxyl groups is 1. The number of halogens is 4. The number of carbonyl (C=O) groups excluding carboxylic acids is 6. The van der Waals surface area contributed by atoms with E-state index in [1.807, 2.05) is 69.3 Å². The summed E-state index contributed by atoms with van der Waals surface area (Å²) in [5.41, 5.74) is 0.527. The number of hydrogen-bond donors (Lipinski definition) is 2. The standard InChI is InChI=1S/C34H44Cl2N2O5.C28H40Cl2N2O5.C6H6O/c1-23-20-30-33(41)37(18-16-25(38(30)22-23)17-19-42-26-8-6-5-7-9-26)29(13-15-32(40)43-34(2,3)4)31(39)14-11-24-10-12-27(35)28(36)21-24;1-18-15-24-27(36)31(13-11-20(12-14-33)32(24)17-18)23(8-10-26(35)37-28(2,3)4)25(34)9-6-19-5-7-21(29)22(30)16-19;7-6-4-2-1-3-5-6/h5-10,12,21,23,25,29-30H,11,13-20,22H2,1-4H3;5,7,16,18,20,23-24,33H,6,8-15,17H2,1-4H3;1-5,7H/t23-,25?,29-,30+;18-,20?,23-,24+;/m11./s1. The molecule has 4 heterocycles. The van der Waals surface area contributed by atoms with Crippen molar-refractivity contribution in [1.82, 2.24) is 19.6 Å². The third kappa shape index (κ3) is 22.3. The fourth-order valence-electron chi connectivity index (χ4n) is 12.1. The summed E-state index contributed by atoms with van der Waals surface area (Å²) >= 11 is 24.4. The van der Waals surface area contributed by atoms with Gasteiger partial charge in [-0.25, -0.2) is 0 Å². The Kier molecular flexibility index (Phi) is 27.3. The number of rotatable bonds is 22. The second kappa shape index (κ2) is 33.5. The maximum atomic E-state index is 14.1. The Morgan fingerprint density at radius 3 is 1.37 bits per heavy atom. The molecule has 4 aliphatic rings. The molecule has 4 aromatic rings. The number of phenolic OH excluding ortho intramolecular Hbond substituents is 1. The summed E-state index contributed by atoms with van der Waals surface area (Å²) in [6.07, 6.45) is 6.19. The van der Waals surface area contributed by atoms with Crippen LogP contribution >= 0.6 is 46.4 Å². The molecule has 15 nitrogen and oxygen atoms in total. The van der Waals surface area contributed by atoms with E-state index in [4.69, 9.17) is 65.7 Å². The Morgan fingerprint density at radius 2 is 0.989 bits per heavy atom. The number of Topliss-reactive ketones (excluding diaryl/α,β-unsaturated/α-hetero) is 2. The van der Waals surface area contributed by atoms with E-state index < -0.39 is 23.3 Å². The lowest BCUT2D eigenvalue weighted by Gasteiger charge is -2.32. The van der Waals surface area contributed by atoms with Crippen LogP contribution in [0.25, 0.3) is 0 Å². The third-order valence-corrected chi connectivity index (χ3v) is 17.6. The van der Waals surface area contributed by atoms with E-state index in [1.165, 1.54) is 0 Å². The smallest absolute Gasteiger partial charge is 0.306 e. The summed E-state index contributed by atoms with van der Waals surface area (Å²) in [5, 5.41) is 20.0. The number of fused-ring (bicyclic) bond motifs is 2. The van der Waals surface area contributed by atoms with Crippen LogP contribution in [0.4, 0.5) is 0 Å². The lowest BCUT2D eigenvalue weighted by atomic mass is 9.97. The average molecular weight is 1280 g/mol. The highest BCUT2D eigenvalue weighted by molar-refractivity contribution is 6.42. The second-order valence-electron chi connectivity index (χ2n) is 25.6. The number of esters is 2. The molecule has 4 aliphatic heterocycles. The lowest BCUT2D eigenvalue weighted by molar-refractivity contribution is -0.157. The number of ketones is 2. The van der Waals surface area contributed by atoms with Gasteiger partial charge in [-0.2, -0.15) is 0 Å².